The second-order valence-corrected chi connectivity index (χ2v) is 7.89. The molecule has 1 aliphatic rings. The zero-order chi connectivity index (χ0) is 19.4. The molecular formula is C22H27NO4. The normalized spacial score (nSPS) is 16.1. The first kappa shape index (κ1) is 19.2. The van der Waals surface area contributed by atoms with Gasteiger partial charge in [-0.15, -0.1) is 0 Å². The highest BCUT2D eigenvalue weighted by atomic mass is 16.6. The van der Waals surface area contributed by atoms with E-state index in [-0.39, 0.29) is 24.0 Å². The predicted octanol–water partition coefficient (Wildman–Crippen LogP) is 3.69. The van der Waals surface area contributed by atoms with Gasteiger partial charge in [-0.2, -0.15) is 0 Å². The van der Waals surface area contributed by atoms with Crippen molar-refractivity contribution in [1.82, 2.24) is 0 Å². The van der Waals surface area contributed by atoms with E-state index in [1.165, 1.54) is 5.56 Å². The Morgan fingerprint density at radius 2 is 1.89 bits per heavy atom. The molecule has 1 atom stereocenters. The standard InChI is InChI=1S/C22H27NO4/c1-22(2,3)16-7-4-15(5-8-16)6-11-21(25)23-17-9-10-19-20(12-17)27-18(13-24)14-26-19/h4-5,7-10,12,18,24H,6,11,13-14H2,1-3H3,(H,23,25)/t18-/m0/s1. The average molecular weight is 369 g/mol. The maximum atomic E-state index is 12.3. The van der Waals surface area contributed by atoms with Crippen LogP contribution in [-0.2, 0) is 16.6 Å². The molecule has 0 radical (unpaired) electrons. The molecule has 0 unspecified atom stereocenters. The van der Waals surface area contributed by atoms with Crippen LogP contribution in [0.15, 0.2) is 42.5 Å². The zero-order valence-electron chi connectivity index (χ0n) is 16.1. The number of rotatable bonds is 5. The van der Waals surface area contributed by atoms with Crippen molar-refractivity contribution in [2.45, 2.75) is 45.1 Å². The van der Waals surface area contributed by atoms with Crippen LogP contribution in [-0.4, -0.2) is 30.3 Å². The average Bonchev–Trinajstić information content (AvgIpc) is 2.65. The van der Waals surface area contributed by atoms with Crippen molar-refractivity contribution in [3.8, 4) is 11.5 Å². The molecule has 0 saturated carbocycles. The molecule has 1 aliphatic heterocycles. The van der Waals surface area contributed by atoms with Gasteiger partial charge in [-0.1, -0.05) is 45.0 Å². The molecule has 2 aromatic carbocycles. The number of carbonyl (C=O) groups is 1. The monoisotopic (exact) mass is 369 g/mol. The Hall–Kier alpha value is -2.53. The lowest BCUT2D eigenvalue weighted by Gasteiger charge is -2.25. The van der Waals surface area contributed by atoms with Gasteiger partial charge in [0.05, 0.1) is 6.61 Å². The topological polar surface area (TPSA) is 67.8 Å². The van der Waals surface area contributed by atoms with Crippen molar-refractivity contribution in [2.24, 2.45) is 0 Å². The molecule has 2 N–H and O–H groups in total. The first-order chi connectivity index (χ1) is 12.8. The second kappa shape index (κ2) is 8.01. The molecule has 27 heavy (non-hydrogen) atoms. The molecule has 5 heteroatoms. The maximum absolute atomic E-state index is 12.3. The molecule has 0 saturated heterocycles. The molecule has 3 rings (SSSR count). The molecule has 0 aromatic heterocycles. The minimum atomic E-state index is -0.375. The van der Waals surface area contributed by atoms with Crippen LogP contribution in [0.25, 0.3) is 0 Å². The van der Waals surface area contributed by atoms with Gasteiger partial charge >= 0.3 is 0 Å². The maximum Gasteiger partial charge on any atom is 0.224 e. The summed E-state index contributed by atoms with van der Waals surface area (Å²) >= 11 is 0. The molecular weight excluding hydrogens is 342 g/mol. The number of benzene rings is 2. The number of aliphatic hydroxyl groups is 1. The van der Waals surface area contributed by atoms with Crippen LogP contribution >= 0.6 is 0 Å². The van der Waals surface area contributed by atoms with Gasteiger partial charge in [0, 0.05) is 18.2 Å². The van der Waals surface area contributed by atoms with E-state index in [1.54, 1.807) is 18.2 Å². The van der Waals surface area contributed by atoms with Crippen LogP contribution in [0.1, 0.15) is 38.3 Å². The fourth-order valence-electron chi connectivity index (χ4n) is 2.94. The van der Waals surface area contributed by atoms with Gasteiger partial charge in [-0.25, -0.2) is 0 Å². The number of aliphatic hydroxyl groups excluding tert-OH is 1. The van der Waals surface area contributed by atoms with Gasteiger partial charge in [0.1, 0.15) is 6.61 Å². The van der Waals surface area contributed by atoms with Crippen LogP contribution in [0.3, 0.4) is 0 Å². The van der Waals surface area contributed by atoms with Crippen LogP contribution in [0.4, 0.5) is 5.69 Å². The Bertz CT molecular complexity index is 793. The number of hydrogen-bond acceptors (Lipinski definition) is 4. The van der Waals surface area contributed by atoms with E-state index in [0.29, 0.717) is 36.6 Å². The Kier molecular flexibility index (Phi) is 5.71. The van der Waals surface area contributed by atoms with Crippen molar-refractivity contribution in [2.75, 3.05) is 18.5 Å². The summed E-state index contributed by atoms with van der Waals surface area (Å²) in [5.74, 6) is 1.11. The number of carbonyl (C=O) groups excluding carboxylic acids is 1. The first-order valence-corrected chi connectivity index (χ1v) is 9.29. The van der Waals surface area contributed by atoms with Crippen molar-refractivity contribution in [3.05, 3.63) is 53.6 Å². The van der Waals surface area contributed by atoms with E-state index in [9.17, 15) is 9.90 Å². The van der Waals surface area contributed by atoms with E-state index >= 15 is 0 Å². The van der Waals surface area contributed by atoms with Gasteiger partial charge in [-0.05, 0) is 35.1 Å². The smallest absolute Gasteiger partial charge is 0.224 e. The SMILES string of the molecule is CC(C)(C)c1ccc(CCC(=O)Nc2ccc3c(c2)O[C@@H](CO)CO3)cc1. The molecule has 0 fully saturated rings. The first-order valence-electron chi connectivity index (χ1n) is 9.29. The van der Waals surface area contributed by atoms with Gasteiger partial charge < -0.3 is 19.9 Å². The third kappa shape index (κ3) is 5.01. The van der Waals surface area contributed by atoms with Crippen LogP contribution in [0.5, 0.6) is 11.5 Å². The summed E-state index contributed by atoms with van der Waals surface area (Å²) in [6.45, 7) is 6.77. The summed E-state index contributed by atoms with van der Waals surface area (Å²) in [6.07, 6.45) is 0.718. The van der Waals surface area contributed by atoms with Crippen molar-refractivity contribution in [3.63, 3.8) is 0 Å². The number of aryl methyl sites for hydroxylation is 1. The van der Waals surface area contributed by atoms with E-state index in [0.717, 1.165) is 5.56 Å². The van der Waals surface area contributed by atoms with E-state index in [2.05, 4.69) is 50.4 Å². The third-order valence-electron chi connectivity index (χ3n) is 4.61. The van der Waals surface area contributed by atoms with E-state index in [4.69, 9.17) is 9.47 Å². The third-order valence-corrected chi connectivity index (χ3v) is 4.61. The summed E-state index contributed by atoms with van der Waals surface area (Å²) in [5.41, 5.74) is 3.21. The molecule has 1 amide bonds. The van der Waals surface area contributed by atoms with Crippen molar-refractivity contribution in [1.29, 1.82) is 0 Å². The quantitative estimate of drug-likeness (QED) is 0.843. The second-order valence-electron chi connectivity index (χ2n) is 7.89. The summed E-state index contributed by atoms with van der Waals surface area (Å²) in [5, 5.41) is 12.1. The highest BCUT2D eigenvalue weighted by Gasteiger charge is 2.20. The van der Waals surface area contributed by atoms with Crippen LogP contribution < -0.4 is 14.8 Å². The minimum absolute atomic E-state index is 0.0507. The number of nitrogens with one attached hydrogen (secondary N) is 1. The lowest BCUT2D eigenvalue weighted by Crippen LogP contribution is -2.32. The number of anilines is 1. The zero-order valence-corrected chi connectivity index (χ0v) is 16.1. The Morgan fingerprint density at radius 1 is 1.15 bits per heavy atom. The van der Waals surface area contributed by atoms with E-state index in [1.807, 2.05) is 0 Å². The summed E-state index contributed by atoms with van der Waals surface area (Å²) in [7, 11) is 0. The fraction of sp³-hybridized carbons (Fsp3) is 0.409. The van der Waals surface area contributed by atoms with Crippen molar-refractivity contribution < 1.29 is 19.4 Å². The minimum Gasteiger partial charge on any atom is -0.486 e. The number of amides is 1. The molecule has 1 heterocycles. The van der Waals surface area contributed by atoms with Gasteiger partial charge in [0.2, 0.25) is 5.91 Å². The Labute approximate surface area is 160 Å². The molecule has 5 nitrogen and oxygen atoms in total. The van der Waals surface area contributed by atoms with Gasteiger partial charge in [-0.3, -0.25) is 4.79 Å². The van der Waals surface area contributed by atoms with Gasteiger partial charge in [0.15, 0.2) is 17.6 Å². The lowest BCUT2D eigenvalue weighted by molar-refractivity contribution is -0.116. The number of hydrogen-bond donors (Lipinski definition) is 2. The highest BCUT2D eigenvalue weighted by Crippen LogP contribution is 2.34. The number of ether oxygens (including phenoxy) is 2. The molecule has 0 aliphatic carbocycles. The van der Waals surface area contributed by atoms with Crippen LogP contribution in [0.2, 0.25) is 0 Å². The molecule has 144 valence electrons. The number of fused-ring (bicyclic) bond motifs is 1. The van der Waals surface area contributed by atoms with Gasteiger partial charge in [0.25, 0.3) is 0 Å². The Morgan fingerprint density at radius 3 is 2.56 bits per heavy atom. The predicted molar refractivity (Wildman–Crippen MR) is 106 cm³/mol. The summed E-state index contributed by atoms with van der Waals surface area (Å²) in [4.78, 5) is 12.3. The largest absolute Gasteiger partial charge is 0.486 e. The van der Waals surface area contributed by atoms with Crippen molar-refractivity contribution >= 4 is 11.6 Å². The van der Waals surface area contributed by atoms with E-state index < -0.39 is 0 Å². The molecule has 0 bridgehead atoms. The summed E-state index contributed by atoms with van der Waals surface area (Å²) < 4.78 is 11.2. The van der Waals surface area contributed by atoms with Crippen LogP contribution in [0, 0.1) is 0 Å². The Balaban J connectivity index is 1.55. The fourth-order valence-corrected chi connectivity index (χ4v) is 2.94. The summed E-state index contributed by atoms with van der Waals surface area (Å²) in [6, 6.07) is 13.7. The molecule has 0 spiro atoms. The lowest BCUT2D eigenvalue weighted by atomic mass is 9.86. The highest BCUT2D eigenvalue weighted by molar-refractivity contribution is 5.91. The molecule has 2 aromatic rings.